The van der Waals surface area contributed by atoms with Crippen molar-refractivity contribution in [1.29, 1.82) is 0 Å². The van der Waals surface area contributed by atoms with Crippen molar-refractivity contribution in [3.8, 4) is 0 Å². The van der Waals surface area contributed by atoms with Gasteiger partial charge in [-0.2, -0.15) is 0 Å². The lowest BCUT2D eigenvalue weighted by atomic mass is 10.2. The van der Waals surface area contributed by atoms with E-state index < -0.39 is 0 Å². The Kier molecular flexibility index (Phi) is 4.45. The monoisotopic (exact) mass is 295 g/mol. The average molecular weight is 295 g/mol. The normalized spacial score (nSPS) is 26.9. The molecule has 3 fully saturated rings. The van der Waals surface area contributed by atoms with Gasteiger partial charge in [-0.05, 0) is 25.7 Å². The number of nitrogens with zero attached hydrogens (tertiary/aromatic N) is 3. The van der Waals surface area contributed by atoms with E-state index in [1.54, 1.807) is 0 Å². The number of carbonyl (C=O) groups excluding carboxylic acids is 2. The zero-order valence-electron chi connectivity index (χ0n) is 12.8. The second-order valence-corrected chi connectivity index (χ2v) is 6.34. The molecule has 0 radical (unpaired) electrons. The van der Waals surface area contributed by atoms with E-state index in [9.17, 15) is 9.59 Å². The molecule has 2 amide bonds. The molecule has 0 aromatic heterocycles. The van der Waals surface area contributed by atoms with E-state index in [0.29, 0.717) is 32.3 Å². The van der Waals surface area contributed by atoms with Crippen LogP contribution in [0.4, 0.5) is 0 Å². The highest BCUT2D eigenvalue weighted by atomic mass is 16.5. The fourth-order valence-corrected chi connectivity index (χ4v) is 3.07. The van der Waals surface area contributed by atoms with E-state index in [1.807, 2.05) is 16.8 Å². The first-order valence-corrected chi connectivity index (χ1v) is 8.03. The fourth-order valence-electron chi connectivity index (χ4n) is 3.07. The Morgan fingerprint density at radius 1 is 1.14 bits per heavy atom. The summed E-state index contributed by atoms with van der Waals surface area (Å²) < 4.78 is 5.46. The molecule has 2 saturated heterocycles. The van der Waals surface area contributed by atoms with E-state index in [1.165, 1.54) is 0 Å². The zero-order valence-corrected chi connectivity index (χ0v) is 12.8. The minimum absolute atomic E-state index is 0.133. The molecule has 1 saturated carbocycles. The highest BCUT2D eigenvalue weighted by Crippen LogP contribution is 2.25. The number of hydrogen-bond acceptors (Lipinski definition) is 4. The van der Waals surface area contributed by atoms with Crippen molar-refractivity contribution in [2.75, 3.05) is 46.4 Å². The highest BCUT2D eigenvalue weighted by Gasteiger charge is 2.33. The minimum Gasteiger partial charge on any atom is -0.368 e. The van der Waals surface area contributed by atoms with E-state index >= 15 is 0 Å². The van der Waals surface area contributed by atoms with Crippen molar-refractivity contribution in [2.45, 2.75) is 37.8 Å². The summed E-state index contributed by atoms with van der Waals surface area (Å²) in [7, 11) is 1.90. The number of piperazine rings is 1. The summed E-state index contributed by atoms with van der Waals surface area (Å²) in [5.74, 6) is 0.338. The van der Waals surface area contributed by atoms with Crippen molar-refractivity contribution >= 4 is 11.8 Å². The van der Waals surface area contributed by atoms with E-state index in [-0.39, 0.29) is 17.9 Å². The SMILES string of the molecule is CN(C(=O)CN1CCN(C(=O)C2CCCO2)CC1)C1CC1. The van der Waals surface area contributed by atoms with E-state index in [2.05, 4.69) is 4.90 Å². The molecule has 0 N–H and O–H groups in total. The summed E-state index contributed by atoms with van der Waals surface area (Å²) in [6.07, 6.45) is 3.90. The van der Waals surface area contributed by atoms with Crippen LogP contribution in [0, 0.1) is 0 Å². The highest BCUT2D eigenvalue weighted by molar-refractivity contribution is 5.81. The molecule has 0 aromatic rings. The number of ether oxygens (including phenoxy) is 1. The van der Waals surface area contributed by atoms with Crippen LogP contribution >= 0.6 is 0 Å². The topological polar surface area (TPSA) is 53.1 Å². The fraction of sp³-hybridized carbons (Fsp3) is 0.867. The molecule has 6 heteroatoms. The smallest absolute Gasteiger partial charge is 0.251 e. The molecule has 0 bridgehead atoms. The van der Waals surface area contributed by atoms with Gasteiger partial charge in [0.25, 0.3) is 5.91 Å². The molecule has 0 spiro atoms. The Morgan fingerprint density at radius 2 is 1.86 bits per heavy atom. The average Bonchev–Trinajstić information content (AvgIpc) is 3.21. The van der Waals surface area contributed by atoms with Gasteiger partial charge in [0.05, 0.1) is 6.54 Å². The number of amides is 2. The molecule has 118 valence electrons. The lowest BCUT2D eigenvalue weighted by molar-refractivity contribution is -0.143. The summed E-state index contributed by atoms with van der Waals surface area (Å²) in [5, 5.41) is 0. The summed E-state index contributed by atoms with van der Waals surface area (Å²) >= 11 is 0. The second kappa shape index (κ2) is 6.32. The zero-order chi connectivity index (χ0) is 14.8. The maximum Gasteiger partial charge on any atom is 0.251 e. The Morgan fingerprint density at radius 3 is 2.43 bits per heavy atom. The van der Waals surface area contributed by atoms with Gasteiger partial charge in [-0.3, -0.25) is 14.5 Å². The number of carbonyl (C=O) groups is 2. The van der Waals surface area contributed by atoms with Gasteiger partial charge < -0.3 is 14.5 Å². The van der Waals surface area contributed by atoms with Gasteiger partial charge in [0.2, 0.25) is 5.91 Å². The molecule has 21 heavy (non-hydrogen) atoms. The van der Waals surface area contributed by atoms with Gasteiger partial charge >= 0.3 is 0 Å². The van der Waals surface area contributed by atoms with Crippen molar-refractivity contribution < 1.29 is 14.3 Å². The third-order valence-electron chi connectivity index (χ3n) is 4.74. The maximum absolute atomic E-state index is 12.2. The predicted molar refractivity (Wildman–Crippen MR) is 77.8 cm³/mol. The molecule has 0 aromatic carbocycles. The van der Waals surface area contributed by atoms with Crippen LogP contribution in [0.15, 0.2) is 0 Å². The van der Waals surface area contributed by atoms with Crippen LogP contribution < -0.4 is 0 Å². The molecule has 3 rings (SSSR count). The van der Waals surface area contributed by atoms with Crippen LogP contribution in [0.2, 0.25) is 0 Å². The van der Waals surface area contributed by atoms with Crippen LogP contribution in [0.1, 0.15) is 25.7 Å². The lowest BCUT2D eigenvalue weighted by Crippen LogP contribution is -2.53. The summed E-state index contributed by atoms with van der Waals surface area (Å²) in [4.78, 5) is 30.3. The van der Waals surface area contributed by atoms with Gasteiger partial charge in [0, 0.05) is 45.9 Å². The van der Waals surface area contributed by atoms with Crippen LogP contribution in [0.5, 0.6) is 0 Å². The van der Waals surface area contributed by atoms with Crippen molar-refractivity contribution in [2.24, 2.45) is 0 Å². The molecule has 2 aliphatic heterocycles. The predicted octanol–water partition coefficient (Wildman–Crippen LogP) is -0.0696. The Labute approximate surface area is 126 Å². The van der Waals surface area contributed by atoms with E-state index in [4.69, 9.17) is 4.74 Å². The maximum atomic E-state index is 12.2. The number of likely N-dealkylation sites (N-methyl/N-ethyl adjacent to an activating group) is 1. The van der Waals surface area contributed by atoms with Crippen LogP contribution in [-0.4, -0.2) is 85.0 Å². The second-order valence-electron chi connectivity index (χ2n) is 6.34. The molecule has 3 aliphatic rings. The van der Waals surface area contributed by atoms with Gasteiger partial charge in [-0.1, -0.05) is 0 Å². The Hall–Kier alpha value is -1.14. The summed E-state index contributed by atoms with van der Waals surface area (Å²) in [6, 6.07) is 0.472. The first-order chi connectivity index (χ1) is 10.1. The largest absolute Gasteiger partial charge is 0.368 e. The Balaban J connectivity index is 1.42. The van der Waals surface area contributed by atoms with Gasteiger partial charge in [0.1, 0.15) is 6.10 Å². The molecule has 1 unspecified atom stereocenters. The lowest BCUT2D eigenvalue weighted by Gasteiger charge is -2.36. The summed E-state index contributed by atoms with van der Waals surface area (Å²) in [6.45, 7) is 4.16. The van der Waals surface area contributed by atoms with Crippen molar-refractivity contribution in [3.63, 3.8) is 0 Å². The molecule has 1 aliphatic carbocycles. The number of hydrogen-bond donors (Lipinski definition) is 0. The van der Waals surface area contributed by atoms with Crippen LogP contribution in [-0.2, 0) is 14.3 Å². The molecular formula is C15H25N3O3. The standard InChI is InChI=1S/C15H25N3O3/c1-16(12-4-5-12)14(19)11-17-6-8-18(9-7-17)15(20)13-3-2-10-21-13/h12-13H,2-11H2,1H3. The first-order valence-electron chi connectivity index (χ1n) is 8.03. The third kappa shape index (κ3) is 3.55. The molecule has 6 nitrogen and oxygen atoms in total. The van der Waals surface area contributed by atoms with Gasteiger partial charge in [-0.15, -0.1) is 0 Å². The Bertz CT molecular complexity index is 397. The first kappa shape index (κ1) is 14.8. The minimum atomic E-state index is -0.223. The molecule has 1 atom stereocenters. The number of rotatable bonds is 4. The van der Waals surface area contributed by atoms with E-state index in [0.717, 1.165) is 38.8 Å². The van der Waals surface area contributed by atoms with Gasteiger partial charge in [-0.25, -0.2) is 0 Å². The molecule has 2 heterocycles. The van der Waals surface area contributed by atoms with Crippen LogP contribution in [0.25, 0.3) is 0 Å². The van der Waals surface area contributed by atoms with Crippen molar-refractivity contribution in [1.82, 2.24) is 14.7 Å². The van der Waals surface area contributed by atoms with Crippen molar-refractivity contribution in [3.05, 3.63) is 0 Å². The summed E-state index contributed by atoms with van der Waals surface area (Å²) in [5.41, 5.74) is 0. The van der Waals surface area contributed by atoms with Gasteiger partial charge in [0.15, 0.2) is 0 Å². The quantitative estimate of drug-likeness (QED) is 0.728. The molecular weight excluding hydrogens is 270 g/mol. The third-order valence-corrected chi connectivity index (χ3v) is 4.74. The van der Waals surface area contributed by atoms with Crippen LogP contribution in [0.3, 0.4) is 0 Å².